The van der Waals surface area contributed by atoms with E-state index < -0.39 is 0 Å². The van der Waals surface area contributed by atoms with Crippen LogP contribution in [0.25, 0.3) is 5.82 Å². The van der Waals surface area contributed by atoms with Gasteiger partial charge in [0, 0.05) is 50.2 Å². The molecule has 1 amide bonds. The fourth-order valence-corrected chi connectivity index (χ4v) is 3.08. The van der Waals surface area contributed by atoms with E-state index in [4.69, 9.17) is 5.26 Å². The predicted octanol–water partition coefficient (Wildman–Crippen LogP) is 1.50. The minimum Gasteiger partial charge on any atom is -0.353 e. The first-order valence-electron chi connectivity index (χ1n) is 8.61. The van der Waals surface area contributed by atoms with E-state index in [0.29, 0.717) is 43.1 Å². The number of hydrogen-bond donors (Lipinski definition) is 0. The predicted molar refractivity (Wildman–Crippen MR) is 98.4 cm³/mol. The van der Waals surface area contributed by atoms with E-state index >= 15 is 0 Å². The molecule has 1 saturated heterocycles. The Morgan fingerprint density at radius 1 is 1.04 bits per heavy atom. The van der Waals surface area contributed by atoms with Crippen LogP contribution in [0.3, 0.4) is 0 Å². The molecule has 0 bridgehead atoms. The highest BCUT2D eigenvalue weighted by molar-refractivity contribution is 5.94. The summed E-state index contributed by atoms with van der Waals surface area (Å²) in [6.45, 7) is 2.55. The number of benzene rings is 1. The SMILES string of the molecule is N#Cc1cccc(C(=O)N2CCN(c3cc(-n4cccn4)ncn3)CC2)c1. The molecular weight excluding hydrogens is 342 g/mol. The molecule has 1 aliphatic heterocycles. The average Bonchev–Trinajstić information content (AvgIpc) is 3.28. The van der Waals surface area contributed by atoms with Crippen LogP contribution < -0.4 is 4.90 Å². The molecule has 4 rings (SSSR count). The van der Waals surface area contributed by atoms with Gasteiger partial charge < -0.3 is 9.80 Å². The second-order valence-corrected chi connectivity index (χ2v) is 6.16. The molecule has 0 radical (unpaired) electrons. The largest absolute Gasteiger partial charge is 0.353 e. The third-order valence-electron chi connectivity index (χ3n) is 4.51. The van der Waals surface area contributed by atoms with Crippen LogP contribution in [-0.4, -0.2) is 56.7 Å². The zero-order valence-electron chi connectivity index (χ0n) is 14.6. The molecule has 0 atom stereocenters. The molecule has 0 unspecified atom stereocenters. The Morgan fingerprint density at radius 2 is 1.85 bits per heavy atom. The summed E-state index contributed by atoms with van der Waals surface area (Å²) in [5.41, 5.74) is 1.04. The second kappa shape index (κ2) is 7.25. The molecule has 0 N–H and O–H groups in total. The van der Waals surface area contributed by atoms with Crippen molar-refractivity contribution in [2.75, 3.05) is 31.1 Å². The highest BCUT2D eigenvalue weighted by Gasteiger charge is 2.23. The normalized spacial score (nSPS) is 14.0. The summed E-state index contributed by atoms with van der Waals surface area (Å²) < 4.78 is 1.69. The van der Waals surface area contributed by atoms with E-state index in [1.807, 2.05) is 23.2 Å². The van der Waals surface area contributed by atoms with Gasteiger partial charge >= 0.3 is 0 Å². The molecule has 3 aromatic rings. The van der Waals surface area contributed by atoms with Crippen LogP contribution in [-0.2, 0) is 0 Å². The van der Waals surface area contributed by atoms with Crippen molar-refractivity contribution < 1.29 is 4.79 Å². The van der Waals surface area contributed by atoms with Gasteiger partial charge in [-0.3, -0.25) is 4.79 Å². The van der Waals surface area contributed by atoms with E-state index in [1.54, 1.807) is 35.1 Å². The number of piperazine rings is 1. The standard InChI is InChI=1S/C19H17N7O/c20-13-15-3-1-4-16(11-15)19(27)25-9-7-24(8-10-25)17-12-18(22-14-21-17)26-6-2-5-23-26/h1-6,11-12,14H,7-10H2. The summed E-state index contributed by atoms with van der Waals surface area (Å²) in [5, 5.41) is 13.2. The quantitative estimate of drug-likeness (QED) is 0.704. The van der Waals surface area contributed by atoms with E-state index in [9.17, 15) is 4.79 Å². The first-order chi connectivity index (χ1) is 13.2. The van der Waals surface area contributed by atoms with Crippen LogP contribution >= 0.6 is 0 Å². The number of carbonyl (C=O) groups is 1. The van der Waals surface area contributed by atoms with Gasteiger partial charge in [-0.25, -0.2) is 14.6 Å². The Kier molecular flexibility index (Phi) is 4.49. The number of amides is 1. The Balaban J connectivity index is 1.44. The lowest BCUT2D eigenvalue weighted by molar-refractivity contribution is 0.0746. The Labute approximate surface area is 156 Å². The van der Waals surface area contributed by atoms with Crippen molar-refractivity contribution >= 4 is 11.7 Å². The monoisotopic (exact) mass is 359 g/mol. The van der Waals surface area contributed by atoms with Crippen molar-refractivity contribution in [1.29, 1.82) is 5.26 Å². The van der Waals surface area contributed by atoms with Crippen molar-refractivity contribution in [2.45, 2.75) is 0 Å². The zero-order chi connectivity index (χ0) is 18.6. The van der Waals surface area contributed by atoms with Crippen LogP contribution in [0.15, 0.2) is 55.1 Å². The number of aromatic nitrogens is 4. The highest BCUT2D eigenvalue weighted by Crippen LogP contribution is 2.17. The number of nitrogens with zero attached hydrogens (tertiary/aromatic N) is 7. The fraction of sp³-hybridized carbons (Fsp3) is 0.211. The van der Waals surface area contributed by atoms with Crippen LogP contribution in [0, 0.1) is 11.3 Å². The van der Waals surface area contributed by atoms with Crippen LogP contribution in [0.1, 0.15) is 15.9 Å². The lowest BCUT2D eigenvalue weighted by Crippen LogP contribution is -2.49. The van der Waals surface area contributed by atoms with Gasteiger partial charge in [0.25, 0.3) is 5.91 Å². The summed E-state index contributed by atoms with van der Waals surface area (Å²) in [7, 11) is 0. The van der Waals surface area contributed by atoms with E-state index in [2.05, 4.69) is 26.0 Å². The molecule has 27 heavy (non-hydrogen) atoms. The smallest absolute Gasteiger partial charge is 0.254 e. The first-order valence-corrected chi connectivity index (χ1v) is 8.61. The molecular formula is C19H17N7O. The number of carbonyl (C=O) groups excluding carboxylic acids is 1. The summed E-state index contributed by atoms with van der Waals surface area (Å²) >= 11 is 0. The summed E-state index contributed by atoms with van der Waals surface area (Å²) in [4.78, 5) is 25.2. The van der Waals surface area contributed by atoms with Crippen LogP contribution in [0.5, 0.6) is 0 Å². The van der Waals surface area contributed by atoms with E-state index in [-0.39, 0.29) is 5.91 Å². The first kappa shape index (κ1) is 16.7. The van der Waals surface area contributed by atoms with Gasteiger partial charge in [-0.1, -0.05) is 6.07 Å². The molecule has 0 aliphatic carbocycles. The van der Waals surface area contributed by atoms with Crippen LogP contribution in [0.2, 0.25) is 0 Å². The van der Waals surface area contributed by atoms with Crippen molar-refractivity contribution in [3.63, 3.8) is 0 Å². The molecule has 1 aromatic carbocycles. The van der Waals surface area contributed by atoms with Gasteiger partial charge in [0.2, 0.25) is 0 Å². The third-order valence-corrected chi connectivity index (χ3v) is 4.51. The number of hydrogen-bond acceptors (Lipinski definition) is 6. The van der Waals surface area contributed by atoms with Gasteiger partial charge in [-0.2, -0.15) is 10.4 Å². The van der Waals surface area contributed by atoms with Gasteiger partial charge in [-0.05, 0) is 24.3 Å². The molecule has 2 aromatic heterocycles. The fourth-order valence-electron chi connectivity index (χ4n) is 3.08. The van der Waals surface area contributed by atoms with Crippen molar-refractivity contribution in [3.8, 4) is 11.9 Å². The van der Waals surface area contributed by atoms with Gasteiger partial charge in [0.1, 0.15) is 12.1 Å². The second-order valence-electron chi connectivity index (χ2n) is 6.16. The Morgan fingerprint density at radius 3 is 2.59 bits per heavy atom. The minimum atomic E-state index is -0.0494. The average molecular weight is 359 g/mol. The number of nitriles is 1. The molecule has 0 spiro atoms. The van der Waals surface area contributed by atoms with Crippen molar-refractivity contribution in [3.05, 3.63) is 66.2 Å². The summed E-state index contributed by atoms with van der Waals surface area (Å²) in [5.74, 6) is 1.47. The molecule has 8 heteroatoms. The van der Waals surface area contributed by atoms with Crippen molar-refractivity contribution in [2.24, 2.45) is 0 Å². The minimum absolute atomic E-state index is 0.0494. The summed E-state index contributed by atoms with van der Waals surface area (Å²) in [6, 6.07) is 12.6. The van der Waals surface area contributed by atoms with E-state index in [0.717, 1.165) is 5.82 Å². The topological polar surface area (TPSA) is 90.9 Å². The van der Waals surface area contributed by atoms with Gasteiger partial charge in [0.15, 0.2) is 5.82 Å². The van der Waals surface area contributed by atoms with Crippen molar-refractivity contribution in [1.82, 2.24) is 24.6 Å². The van der Waals surface area contributed by atoms with Gasteiger partial charge in [-0.15, -0.1) is 0 Å². The maximum atomic E-state index is 12.7. The lowest BCUT2D eigenvalue weighted by Gasteiger charge is -2.35. The molecule has 1 fully saturated rings. The number of rotatable bonds is 3. The molecule has 3 heterocycles. The zero-order valence-corrected chi connectivity index (χ0v) is 14.6. The van der Waals surface area contributed by atoms with E-state index in [1.165, 1.54) is 6.33 Å². The highest BCUT2D eigenvalue weighted by atomic mass is 16.2. The molecule has 8 nitrogen and oxygen atoms in total. The third kappa shape index (κ3) is 3.48. The van der Waals surface area contributed by atoms with Gasteiger partial charge in [0.05, 0.1) is 11.6 Å². The number of anilines is 1. The Bertz CT molecular complexity index is 985. The Hall–Kier alpha value is -3.73. The lowest BCUT2D eigenvalue weighted by atomic mass is 10.1. The maximum absolute atomic E-state index is 12.7. The molecule has 0 saturated carbocycles. The molecule has 1 aliphatic rings. The molecule has 134 valence electrons. The maximum Gasteiger partial charge on any atom is 0.254 e. The van der Waals surface area contributed by atoms with Crippen LogP contribution in [0.4, 0.5) is 5.82 Å². The summed E-state index contributed by atoms with van der Waals surface area (Å²) in [6.07, 6.45) is 5.06.